The summed E-state index contributed by atoms with van der Waals surface area (Å²) in [5, 5.41) is 2.90. The van der Waals surface area contributed by atoms with Gasteiger partial charge in [0.05, 0.1) is 27.8 Å². The number of ether oxygens (including phenoxy) is 3. The van der Waals surface area contributed by atoms with Gasteiger partial charge >= 0.3 is 0 Å². The van der Waals surface area contributed by atoms with Gasteiger partial charge < -0.3 is 19.5 Å². The standard InChI is InChI=1S/C18H21NO4/c1-21-15-10-9-14(17(22-2)18(15)23-3)11-16(20)19-12-13-7-5-4-6-8-13/h4-10H,11-12H2,1-3H3,(H,19,20). The molecule has 1 N–H and O–H groups in total. The summed E-state index contributed by atoms with van der Waals surface area (Å²) in [6, 6.07) is 13.3. The Morgan fingerprint density at radius 2 is 1.61 bits per heavy atom. The first-order chi connectivity index (χ1) is 11.2. The molecule has 0 saturated carbocycles. The summed E-state index contributed by atoms with van der Waals surface area (Å²) in [5.74, 6) is 1.49. The molecule has 122 valence electrons. The summed E-state index contributed by atoms with van der Waals surface area (Å²) < 4.78 is 16.0. The van der Waals surface area contributed by atoms with Crippen molar-refractivity contribution in [1.82, 2.24) is 5.32 Å². The molecule has 23 heavy (non-hydrogen) atoms. The van der Waals surface area contributed by atoms with Gasteiger partial charge in [0.25, 0.3) is 0 Å². The molecule has 1 amide bonds. The van der Waals surface area contributed by atoms with E-state index in [1.807, 2.05) is 36.4 Å². The van der Waals surface area contributed by atoms with Crippen LogP contribution in [0, 0.1) is 0 Å². The van der Waals surface area contributed by atoms with Crippen LogP contribution >= 0.6 is 0 Å². The second-order valence-electron chi connectivity index (χ2n) is 4.93. The topological polar surface area (TPSA) is 56.8 Å². The summed E-state index contributed by atoms with van der Waals surface area (Å²) in [4.78, 5) is 12.2. The van der Waals surface area contributed by atoms with Gasteiger partial charge in [0.1, 0.15) is 0 Å². The Hall–Kier alpha value is -2.69. The van der Waals surface area contributed by atoms with Crippen molar-refractivity contribution >= 4 is 5.91 Å². The quantitative estimate of drug-likeness (QED) is 0.853. The zero-order valence-electron chi connectivity index (χ0n) is 13.6. The van der Waals surface area contributed by atoms with Gasteiger partial charge in [-0.05, 0) is 11.6 Å². The highest BCUT2D eigenvalue weighted by atomic mass is 16.5. The zero-order valence-corrected chi connectivity index (χ0v) is 13.6. The third kappa shape index (κ3) is 4.16. The number of rotatable bonds is 7. The molecule has 0 spiro atoms. The third-order valence-electron chi connectivity index (χ3n) is 3.47. The van der Waals surface area contributed by atoms with E-state index in [1.54, 1.807) is 27.4 Å². The summed E-state index contributed by atoms with van der Waals surface area (Å²) in [6.07, 6.45) is 0.205. The molecule has 0 aliphatic rings. The maximum atomic E-state index is 12.2. The average Bonchev–Trinajstić information content (AvgIpc) is 2.60. The smallest absolute Gasteiger partial charge is 0.224 e. The van der Waals surface area contributed by atoms with Gasteiger partial charge in [-0.15, -0.1) is 0 Å². The van der Waals surface area contributed by atoms with Crippen LogP contribution in [0.1, 0.15) is 11.1 Å². The summed E-state index contributed by atoms with van der Waals surface area (Å²) in [5.41, 5.74) is 1.80. The predicted molar refractivity (Wildman–Crippen MR) is 88.1 cm³/mol. The molecule has 0 heterocycles. The zero-order chi connectivity index (χ0) is 16.7. The Balaban J connectivity index is 2.08. The van der Waals surface area contributed by atoms with Gasteiger partial charge in [-0.25, -0.2) is 0 Å². The van der Waals surface area contributed by atoms with Gasteiger partial charge in [0.15, 0.2) is 11.5 Å². The van der Waals surface area contributed by atoms with E-state index in [2.05, 4.69) is 5.32 Å². The molecule has 2 aromatic carbocycles. The second kappa shape index (κ2) is 8.08. The Bertz CT molecular complexity index is 656. The largest absolute Gasteiger partial charge is 0.493 e. The Kier molecular flexibility index (Phi) is 5.86. The molecule has 0 atom stereocenters. The van der Waals surface area contributed by atoms with Crippen molar-refractivity contribution in [2.24, 2.45) is 0 Å². The van der Waals surface area contributed by atoms with Crippen LogP contribution in [-0.2, 0) is 17.8 Å². The highest BCUT2D eigenvalue weighted by Crippen LogP contribution is 2.39. The SMILES string of the molecule is COc1ccc(CC(=O)NCc2ccccc2)c(OC)c1OC. The number of amides is 1. The molecule has 0 fully saturated rings. The lowest BCUT2D eigenvalue weighted by molar-refractivity contribution is -0.120. The van der Waals surface area contributed by atoms with Gasteiger partial charge in [0.2, 0.25) is 11.7 Å². The molecule has 0 bridgehead atoms. The van der Waals surface area contributed by atoms with E-state index >= 15 is 0 Å². The van der Waals surface area contributed by atoms with Crippen LogP contribution < -0.4 is 19.5 Å². The first-order valence-electron chi connectivity index (χ1n) is 7.28. The monoisotopic (exact) mass is 315 g/mol. The molecule has 2 rings (SSSR count). The fourth-order valence-electron chi connectivity index (χ4n) is 2.33. The van der Waals surface area contributed by atoms with Crippen molar-refractivity contribution < 1.29 is 19.0 Å². The minimum Gasteiger partial charge on any atom is -0.493 e. The fourth-order valence-corrected chi connectivity index (χ4v) is 2.33. The van der Waals surface area contributed by atoms with Crippen molar-refractivity contribution in [1.29, 1.82) is 0 Å². The van der Waals surface area contributed by atoms with Crippen LogP contribution in [-0.4, -0.2) is 27.2 Å². The van der Waals surface area contributed by atoms with Crippen LogP contribution in [0.4, 0.5) is 0 Å². The van der Waals surface area contributed by atoms with Crippen LogP contribution in [0.25, 0.3) is 0 Å². The highest BCUT2D eigenvalue weighted by molar-refractivity contribution is 5.80. The van der Waals surface area contributed by atoms with Crippen LogP contribution in [0.2, 0.25) is 0 Å². The number of carbonyl (C=O) groups excluding carboxylic acids is 1. The Morgan fingerprint density at radius 1 is 0.913 bits per heavy atom. The summed E-state index contributed by atoms with van der Waals surface area (Å²) in [7, 11) is 4.64. The number of methoxy groups -OCH3 is 3. The highest BCUT2D eigenvalue weighted by Gasteiger charge is 2.17. The third-order valence-corrected chi connectivity index (χ3v) is 3.47. The van der Waals surface area contributed by atoms with E-state index in [-0.39, 0.29) is 12.3 Å². The lowest BCUT2D eigenvalue weighted by Crippen LogP contribution is -2.24. The molecular weight excluding hydrogens is 294 g/mol. The first-order valence-corrected chi connectivity index (χ1v) is 7.28. The van der Waals surface area contributed by atoms with E-state index < -0.39 is 0 Å². The minimum atomic E-state index is -0.0839. The lowest BCUT2D eigenvalue weighted by atomic mass is 10.1. The number of carbonyl (C=O) groups is 1. The molecule has 0 unspecified atom stereocenters. The first kappa shape index (κ1) is 16.7. The molecule has 5 nitrogen and oxygen atoms in total. The molecule has 2 aromatic rings. The van der Waals surface area contributed by atoms with Crippen molar-refractivity contribution in [3.8, 4) is 17.2 Å². The maximum absolute atomic E-state index is 12.2. The van der Waals surface area contributed by atoms with Gasteiger partial charge in [-0.2, -0.15) is 0 Å². The molecule has 0 saturated heterocycles. The number of nitrogens with one attached hydrogen (secondary N) is 1. The van der Waals surface area contributed by atoms with Gasteiger partial charge in [0, 0.05) is 12.1 Å². The van der Waals surface area contributed by atoms with E-state index in [1.165, 1.54) is 0 Å². The molecule has 0 aromatic heterocycles. The Labute approximate surface area is 136 Å². The molecular formula is C18H21NO4. The number of hydrogen-bond donors (Lipinski definition) is 1. The minimum absolute atomic E-state index is 0.0839. The maximum Gasteiger partial charge on any atom is 0.224 e. The lowest BCUT2D eigenvalue weighted by Gasteiger charge is -2.15. The molecule has 0 radical (unpaired) electrons. The van der Waals surface area contributed by atoms with E-state index in [9.17, 15) is 4.79 Å². The number of hydrogen-bond acceptors (Lipinski definition) is 4. The van der Waals surface area contributed by atoms with Crippen molar-refractivity contribution in [2.45, 2.75) is 13.0 Å². The fraction of sp³-hybridized carbons (Fsp3) is 0.278. The van der Waals surface area contributed by atoms with Crippen LogP contribution in [0.3, 0.4) is 0 Å². The molecule has 0 aliphatic carbocycles. The van der Waals surface area contributed by atoms with Gasteiger partial charge in [-0.1, -0.05) is 36.4 Å². The van der Waals surface area contributed by atoms with Crippen LogP contribution in [0.5, 0.6) is 17.2 Å². The summed E-state index contributed by atoms with van der Waals surface area (Å²) >= 11 is 0. The average molecular weight is 315 g/mol. The molecule has 5 heteroatoms. The van der Waals surface area contributed by atoms with E-state index in [0.717, 1.165) is 11.1 Å². The summed E-state index contributed by atoms with van der Waals surface area (Å²) in [6.45, 7) is 0.495. The van der Waals surface area contributed by atoms with Crippen LogP contribution in [0.15, 0.2) is 42.5 Å². The number of benzene rings is 2. The van der Waals surface area contributed by atoms with E-state index in [0.29, 0.717) is 23.8 Å². The van der Waals surface area contributed by atoms with Gasteiger partial charge in [-0.3, -0.25) is 4.79 Å². The normalized spacial score (nSPS) is 10.0. The molecule has 0 aliphatic heterocycles. The Morgan fingerprint density at radius 3 is 2.22 bits per heavy atom. The van der Waals surface area contributed by atoms with Crippen molar-refractivity contribution in [3.05, 3.63) is 53.6 Å². The van der Waals surface area contributed by atoms with Crippen molar-refractivity contribution in [2.75, 3.05) is 21.3 Å². The van der Waals surface area contributed by atoms with Crippen molar-refractivity contribution in [3.63, 3.8) is 0 Å². The second-order valence-corrected chi connectivity index (χ2v) is 4.93. The predicted octanol–water partition coefficient (Wildman–Crippen LogP) is 2.57. The van der Waals surface area contributed by atoms with E-state index in [4.69, 9.17) is 14.2 Å².